The van der Waals surface area contributed by atoms with Crippen LogP contribution in [0.1, 0.15) is 59.1 Å². The number of nitrogens with zero attached hydrogens (tertiary/aromatic N) is 2. The third-order valence-electron chi connectivity index (χ3n) is 6.30. The minimum absolute atomic E-state index is 0.135. The number of carbonyl (C=O) groups excluding carboxylic acids is 2. The van der Waals surface area contributed by atoms with Crippen molar-refractivity contribution in [2.75, 3.05) is 5.01 Å². The monoisotopic (exact) mass is 468 g/mol. The number of amides is 1. The Morgan fingerprint density at radius 1 is 1.03 bits per heavy atom. The van der Waals surface area contributed by atoms with Crippen LogP contribution in [0.15, 0.2) is 75.8 Å². The van der Waals surface area contributed by atoms with Gasteiger partial charge in [-0.2, -0.15) is 10.1 Å². The lowest BCUT2D eigenvalue weighted by molar-refractivity contribution is -0.114. The highest BCUT2D eigenvalue weighted by Crippen LogP contribution is 2.34. The average molecular weight is 469 g/mol. The number of Topliss-reactive ketones (excluding diaryl/α,β-unsaturated/α-hetero) is 1. The van der Waals surface area contributed by atoms with E-state index in [9.17, 15) is 14.4 Å². The van der Waals surface area contributed by atoms with Gasteiger partial charge in [0.05, 0.1) is 22.5 Å². The van der Waals surface area contributed by atoms with Gasteiger partial charge in [-0.3, -0.25) is 9.59 Å². The van der Waals surface area contributed by atoms with Crippen molar-refractivity contribution < 1.29 is 23.9 Å². The van der Waals surface area contributed by atoms with Crippen LogP contribution >= 0.6 is 0 Å². The molecule has 0 atom stereocenters. The molecule has 2 aliphatic rings. The van der Waals surface area contributed by atoms with Crippen LogP contribution in [0.5, 0.6) is 0 Å². The number of rotatable bonds is 8. The summed E-state index contributed by atoms with van der Waals surface area (Å²) in [6.45, 7) is 1.73. The predicted octanol–water partition coefficient (Wildman–Crippen LogP) is 5.82. The van der Waals surface area contributed by atoms with E-state index < -0.39 is 5.97 Å². The fraction of sp³-hybridized carbons (Fsp3) is 0.214. The number of carboxylic acids is 1. The van der Waals surface area contributed by atoms with Crippen molar-refractivity contribution in [3.63, 3.8) is 0 Å². The molecule has 7 heteroatoms. The maximum atomic E-state index is 13.0. The number of anilines is 1. The van der Waals surface area contributed by atoms with Gasteiger partial charge in [-0.25, -0.2) is 4.79 Å². The maximum Gasteiger partial charge on any atom is 0.335 e. The fourth-order valence-electron chi connectivity index (χ4n) is 4.04. The summed E-state index contributed by atoms with van der Waals surface area (Å²) in [5.74, 6) is 0.690. The van der Waals surface area contributed by atoms with Crippen molar-refractivity contribution in [3.8, 4) is 11.3 Å². The van der Waals surface area contributed by atoms with Crippen LogP contribution in [-0.4, -0.2) is 28.5 Å². The van der Waals surface area contributed by atoms with E-state index in [2.05, 4.69) is 5.10 Å². The predicted molar refractivity (Wildman–Crippen MR) is 132 cm³/mol. The summed E-state index contributed by atoms with van der Waals surface area (Å²) in [6, 6.07) is 17.0. The first kappa shape index (κ1) is 22.5. The molecule has 3 aromatic rings. The van der Waals surface area contributed by atoms with Gasteiger partial charge in [0.15, 0.2) is 5.78 Å². The van der Waals surface area contributed by atoms with E-state index in [0.29, 0.717) is 40.5 Å². The lowest BCUT2D eigenvalue weighted by Gasteiger charge is -2.11. The van der Waals surface area contributed by atoms with E-state index in [0.717, 1.165) is 17.9 Å². The van der Waals surface area contributed by atoms with Gasteiger partial charge in [-0.1, -0.05) is 37.1 Å². The smallest absolute Gasteiger partial charge is 0.335 e. The number of hydrazone groups is 1. The Morgan fingerprint density at radius 2 is 1.71 bits per heavy atom. The molecular weight excluding hydrogens is 444 g/mol. The summed E-state index contributed by atoms with van der Waals surface area (Å²) in [4.78, 5) is 36.4. The molecule has 2 heterocycles. The highest BCUT2D eigenvalue weighted by molar-refractivity contribution is 6.32. The van der Waals surface area contributed by atoms with Crippen LogP contribution in [-0.2, 0) is 4.79 Å². The molecule has 1 saturated carbocycles. The zero-order chi connectivity index (χ0) is 24.5. The molecule has 1 aromatic heterocycles. The molecule has 0 bridgehead atoms. The first-order valence-corrected chi connectivity index (χ1v) is 11.6. The normalized spacial score (nSPS) is 16.6. The lowest BCUT2D eigenvalue weighted by Crippen LogP contribution is -2.21. The van der Waals surface area contributed by atoms with E-state index in [-0.39, 0.29) is 17.3 Å². The van der Waals surface area contributed by atoms with Gasteiger partial charge in [0, 0.05) is 17.5 Å². The van der Waals surface area contributed by atoms with Gasteiger partial charge in [-0.05, 0) is 61.7 Å². The first-order valence-electron chi connectivity index (χ1n) is 11.6. The van der Waals surface area contributed by atoms with Crippen molar-refractivity contribution in [3.05, 3.63) is 83.1 Å². The van der Waals surface area contributed by atoms with Crippen molar-refractivity contribution in [2.45, 2.75) is 32.6 Å². The first-order chi connectivity index (χ1) is 16.9. The minimum Gasteiger partial charge on any atom is -0.478 e. The number of ketones is 1. The van der Waals surface area contributed by atoms with E-state index >= 15 is 0 Å². The molecule has 7 nitrogen and oxygen atoms in total. The maximum absolute atomic E-state index is 13.0. The highest BCUT2D eigenvalue weighted by Gasteiger charge is 2.29. The molecule has 0 radical (unpaired) electrons. The Kier molecular flexibility index (Phi) is 5.91. The molecule has 1 amide bonds. The third kappa shape index (κ3) is 4.84. The second-order valence-electron chi connectivity index (χ2n) is 8.90. The van der Waals surface area contributed by atoms with E-state index in [1.807, 2.05) is 30.3 Å². The third-order valence-corrected chi connectivity index (χ3v) is 6.30. The molecule has 0 saturated heterocycles. The molecule has 0 spiro atoms. The van der Waals surface area contributed by atoms with Crippen LogP contribution in [0.3, 0.4) is 0 Å². The molecular formula is C28H24N2O5. The largest absolute Gasteiger partial charge is 0.478 e. The lowest BCUT2D eigenvalue weighted by atomic mass is 10.0. The molecule has 1 fully saturated rings. The zero-order valence-electron chi connectivity index (χ0n) is 19.2. The van der Waals surface area contributed by atoms with Crippen LogP contribution in [0.4, 0.5) is 5.69 Å². The highest BCUT2D eigenvalue weighted by atomic mass is 16.4. The molecule has 1 aliphatic carbocycles. The topological polar surface area (TPSA) is 100 Å². The van der Waals surface area contributed by atoms with Crippen LogP contribution in [0.25, 0.3) is 17.4 Å². The molecule has 1 N–H and O–H groups in total. The van der Waals surface area contributed by atoms with Crippen molar-refractivity contribution in [1.82, 2.24) is 0 Å². The summed E-state index contributed by atoms with van der Waals surface area (Å²) in [6.07, 6.45) is 5.71. The van der Waals surface area contributed by atoms with E-state index in [1.54, 1.807) is 31.2 Å². The molecule has 0 unspecified atom stereocenters. The zero-order valence-corrected chi connectivity index (χ0v) is 19.2. The number of furan rings is 1. The van der Waals surface area contributed by atoms with Gasteiger partial charge in [0.2, 0.25) is 0 Å². The van der Waals surface area contributed by atoms with Crippen LogP contribution in [0.2, 0.25) is 0 Å². The summed E-state index contributed by atoms with van der Waals surface area (Å²) in [5.41, 5.74) is 3.10. The Balaban J connectivity index is 1.29. The standard InChI is InChI=1S/C28H24N2O5/c1-17-24(27(32)30(29-17)22-11-9-21(10-12-22)28(33)34)16-23-13-15-26(35-23)20-7-5-19(6-8-20)25(31)14-4-18-2-3-18/h5-13,15-16,18H,2-4,14H2,1H3,(H,33,34)/b24-16-. The fourth-order valence-corrected chi connectivity index (χ4v) is 4.04. The summed E-state index contributed by atoms with van der Waals surface area (Å²) >= 11 is 0. The number of benzene rings is 2. The summed E-state index contributed by atoms with van der Waals surface area (Å²) in [5, 5.41) is 14.6. The van der Waals surface area contributed by atoms with Gasteiger partial charge in [0.25, 0.3) is 5.91 Å². The van der Waals surface area contributed by atoms with Crippen molar-refractivity contribution in [1.29, 1.82) is 0 Å². The minimum atomic E-state index is -1.03. The van der Waals surface area contributed by atoms with Gasteiger partial charge in [-0.15, -0.1) is 0 Å². The van der Waals surface area contributed by atoms with Crippen molar-refractivity contribution >= 4 is 35.1 Å². The van der Waals surface area contributed by atoms with Crippen LogP contribution < -0.4 is 5.01 Å². The summed E-state index contributed by atoms with van der Waals surface area (Å²) in [7, 11) is 0. The van der Waals surface area contributed by atoms with Crippen molar-refractivity contribution in [2.24, 2.45) is 11.0 Å². The number of hydrogen-bond donors (Lipinski definition) is 1. The Hall–Kier alpha value is -4.26. The molecule has 1 aliphatic heterocycles. The Labute approximate surface area is 202 Å². The van der Waals surface area contributed by atoms with Gasteiger partial charge >= 0.3 is 5.97 Å². The summed E-state index contributed by atoms with van der Waals surface area (Å²) < 4.78 is 5.95. The van der Waals surface area contributed by atoms with E-state index in [4.69, 9.17) is 9.52 Å². The Bertz CT molecular complexity index is 1360. The quantitative estimate of drug-likeness (QED) is 0.331. The second kappa shape index (κ2) is 9.18. The number of carbonyl (C=O) groups is 3. The second-order valence-corrected chi connectivity index (χ2v) is 8.90. The number of carboxylic acid groups (broad SMARTS) is 1. The van der Waals surface area contributed by atoms with E-state index in [1.165, 1.54) is 30.0 Å². The molecule has 2 aromatic carbocycles. The van der Waals surface area contributed by atoms with Gasteiger partial charge < -0.3 is 9.52 Å². The Morgan fingerprint density at radius 3 is 2.37 bits per heavy atom. The molecule has 35 heavy (non-hydrogen) atoms. The average Bonchev–Trinajstić information content (AvgIpc) is 3.51. The molecule has 5 rings (SSSR count). The van der Waals surface area contributed by atoms with Crippen LogP contribution in [0, 0.1) is 5.92 Å². The number of aromatic carboxylic acids is 1. The SMILES string of the molecule is CC1=NN(c2ccc(C(=O)O)cc2)C(=O)/C1=C\c1ccc(-c2ccc(C(=O)CCC3CC3)cc2)o1. The van der Waals surface area contributed by atoms with Gasteiger partial charge in [0.1, 0.15) is 11.5 Å². The number of hydrogen-bond acceptors (Lipinski definition) is 5. The molecule has 176 valence electrons.